The molecule has 0 spiro atoms. The molecular formula is C15H16N4O. The Morgan fingerprint density at radius 1 is 1.30 bits per heavy atom. The molecular weight excluding hydrogens is 252 g/mol. The molecule has 2 aromatic rings. The van der Waals surface area contributed by atoms with E-state index in [9.17, 15) is 4.79 Å². The maximum Gasteiger partial charge on any atom is 0.120 e. The van der Waals surface area contributed by atoms with Crippen LogP contribution in [0, 0.1) is 5.41 Å². The monoisotopic (exact) mass is 268 g/mol. The topological polar surface area (TPSA) is 78.7 Å². The highest BCUT2D eigenvalue weighted by Gasteiger charge is 2.03. The van der Waals surface area contributed by atoms with Gasteiger partial charge < -0.3 is 15.5 Å². The van der Waals surface area contributed by atoms with Crippen molar-refractivity contribution in [1.29, 1.82) is 5.41 Å². The van der Waals surface area contributed by atoms with Crippen LogP contribution in [0.25, 0.3) is 16.6 Å². The Balaban J connectivity index is 2.14. The van der Waals surface area contributed by atoms with E-state index in [0.29, 0.717) is 24.2 Å². The Morgan fingerprint density at radius 2 is 2.10 bits per heavy atom. The molecule has 1 aromatic carbocycles. The van der Waals surface area contributed by atoms with Crippen LogP contribution < -0.4 is 5.32 Å². The number of rotatable bonds is 7. The Hall–Kier alpha value is -2.56. The second kappa shape index (κ2) is 7.13. The van der Waals surface area contributed by atoms with Gasteiger partial charge >= 0.3 is 0 Å². The lowest BCUT2D eigenvalue weighted by atomic mass is 10.2. The van der Waals surface area contributed by atoms with Gasteiger partial charge in [0.2, 0.25) is 0 Å². The molecule has 2 N–H and O–H groups in total. The predicted molar refractivity (Wildman–Crippen MR) is 79.6 cm³/mol. The van der Waals surface area contributed by atoms with Gasteiger partial charge in [0, 0.05) is 31.0 Å². The van der Waals surface area contributed by atoms with Gasteiger partial charge in [-0.25, -0.2) is 4.98 Å². The zero-order valence-corrected chi connectivity index (χ0v) is 11.0. The van der Waals surface area contributed by atoms with E-state index in [4.69, 9.17) is 5.41 Å². The van der Waals surface area contributed by atoms with Crippen molar-refractivity contribution in [3.8, 4) is 0 Å². The molecule has 0 fully saturated rings. The normalized spacial score (nSPS) is 11.3. The predicted octanol–water partition coefficient (Wildman–Crippen LogP) is 2.19. The number of carbonyl (C=O) groups is 1. The zero-order chi connectivity index (χ0) is 14.2. The third-order valence-corrected chi connectivity index (χ3v) is 2.80. The standard InChI is InChI=1S/C15H16N4O/c16-9-12(10-17-7-3-4-8-20)15-11-18-13-5-1-2-6-14(13)19-15/h1-2,5-6,8-11,16-17H,3-4,7H2/b12-10+,16-9?. The summed E-state index contributed by atoms with van der Waals surface area (Å²) in [6, 6.07) is 7.62. The smallest absolute Gasteiger partial charge is 0.120 e. The lowest BCUT2D eigenvalue weighted by Gasteiger charge is -2.04. The van der Waals surface area contributed by atoms with Crippen molar-refractivity contribution in [3.63, 3.8) is 0 Å². The van der Waals surface area contributed by atoms with Crippen molar-refractivity contribution >= 4 is 29.1 Å². The van der Waals surface area contributed by atoms with E-state index in [-0.39, 0.29) is 0 Å². The fourth-order valence-corrected chi connectivity index (χ4v) is 1.76. The number of allylic oxidation sites excluding steroid dienone is 1. The average Bonchev–Trinajstić information content (AvgIpc) is 2.50. The summed E-state index contributed by atoms with van der Waals surface area (Å²) in [5, 5.41) is 10.5. The van der Waals surface area contributed by atoms with E-state index in [2.05, 4.69) is 15.3 Å². The van der Waals surface area contributed by atoms with E-state index < -0.39 is 0 Å². The van der Waals surface area contributed by atoms with Gasteiger partial charge in [-0.15, -0.1) is 0 Å². The summed E-state index contributed by atoms with van der Waals surface area (Å²) in [5.41, 5.74) is 2.95. The molecule has 102 valence electrons. The number of nitrogens with zero attached hydrogens (tertiary/aromatic N) is 2. The quantitative estimate of drug-likeness (QED) is 0.458. The number of hydrogen-bond acceptors (Lipinski definition) is 5. The van der Waals surface area contributed by atoms with Crippen molar-refractivity contribution in [2.75, 3.05) is 6.54 Å². The van der Waals surface area contributed by atoms with Crippen molar-refractivity contribution in [3.05, 3.63) is 42.4 Å². The molecule has 0 bridgehead atoms. The fourth-order valence-electron chi connectivity index (χ4n) is 1.76. The molecule has 20 heavy (non-hydrogen) atoms. The number of aldehydes is 1. The third kappa shape index (κ3) is 3.47. The minimum Gasteiger partial charge on any atom is -0.390 e. The summed E-state index contributed by atoms with van der Waals surface area (Å²) in [6.07, 6.45) is 6.84. The van der Waals surface area contributed by atoms with Crippen LogP contribution in [0.4, 0.5) is 0 Å². The van der Waals surface area contributed by atoms with E-state index in [1.807, 2.05) is 24.3 Å². The van der Waals surface area contributed by atoms with E-state index in [0.717, 1.165) is 23.7 Å². The molecule has 0 aliphatic rings. The first-order valence-electron chi connectivity index (χ1n) is 6.45. The zero-order valence-electron chi connectivity index (χ0n) is 11.0. The van der Waals surface area contributed by atoms with Crippen LogP contribution in [-0.4, -0.2) is 29.0 Å². The SMILES string of the molecule is N=C/C(=C\NCCCC=O)c1cnc2ccccc2n1. The number of unbranched alkanes of at least 4 members (excludes halogenated alkanes) is 1. The molecule has 2 rings (SSSR count). The van der Waals surface area contributed by atoms with Gasteiger partial charge in [-0.1, -0.05) is 12.1 Å². The molecule has 5 nitrogen and oxygen atoms in total. The Labute approximate surface area is 117 Å². The van der Waals surface area contributed by atoms with Crippen molar-refractivity contribution < 1.29 is 4.79 Å². The highest BCUT2D eigenvalue weighted by molar-refractivity contribution is 6.07. The van der Waals surface area contributed by atoms with Crippen LogP contribution in [0.2, 0.25) is 0 Å². The first kappa shape index (κ1) is 13.9. The number of aromatic nitrogens is 2. The molecule has 0 aliphatic heterocycles. The van der Waals surface area contributed by atoms with Gasteiger partial charge in [-0.3, -0.25) is 4.98 Å². The second-order valence-corrected chi connectivity index (χ2v) is 4.25. The van der Waals surface area contributed by atoms with Crippen molar-refractivity contribution in [1.82, 2.24) is 15.3 Å². The summed E-state index contributed by atoms with van der Waals surface area (Å²) in [4.78, 5) is 19.0. The average molecular weight is 268 g/mol. The molecule has 0 aliphatic carbocycles. The Kier molecular flexibility index (Phi) is 4.94. The summed E-state index contributed by atoms with van der Waals surface area (Å²) < 4.78 is 0. The minimum absolute atomic E-state index is 0.538. The Morgan fingerprint density at radius 3 is 2.85 bits per heavy atom. The highest BCUT2D eigenvalue weighted by atomic mass is 16.1. The van der Waals surface area contributed by atoms with Crippen LogP contribution in [0.5, 0.6) is 0 Å². The van der Waals surface area contributed by atoms with Gasteiger partial charge in [0.25, 0.3) is 0 Å². The molecule has 1 heterocycles. The molecule has 0 atom stereocenters. The number of para-hydroxylation sites is 2. The van der Waals surface area contributed by atoms with Crippen LogP contribution in [0.15, 0.2) is 36.7 Å². The number of nitrogens with one attached hydrogen (secondary N) is 2. The number of carbonyl (C=O) groups excluding carboxylic acids is 1. The maximum atomic E-state index is 10.2. The molecule has 5 heteroatoms. The van der Waals surface area contributed by atoms with Crippen molar-refractivity contribution in [2.24, 2.45) is 0 Å². The molecule has 0 amide bonds. The minimum atomic E-state index is 0.538. The summed E-state index contributed by atoms with van der Waals surface area (Å²) >= 11 is 0. The summed E-state index contributed by atoms with van der Waals surface area (Å²) in [5.74, 6) is 0. The van der Waals surface area contributed by atoms with Gasteiger partial charge in [-0.05, 0) is 18.6 Å². The molecule has 0 radical (unpaired) electrons. The molecule has 0 saturated heterocycles. The maximum absolute atomic E-state index is 10.2. The van der Waals surface area contributed by atoms with Crippen LogP contribution in [-0.2, 0) is 4.79 Å². The first-order chi connectivity index (χ1) is 9.85. The Bertz CT molecular complexity index is 637. The largest absolute Gasteiger partial charge is 0.390 e. The van der Waals surface area contributed by atoms with E-state index >= 15 is 0 Å². The second-order valence-electron chi connectivity index (χ2n) is 4.25. The first-order valence-corrected chi connectivity index (χ1v) is 6.45. The van der Waals surface area contributed by atoms with Crippen LogP contribution in [0.3, 0.4) is 0 Å². The lowest BCUT2D eigenvalue weighted by molar-refractivity contribution is -0.107. The molecule has 0 unspecified atom stereocenters. The van der Waals surface area contributed by atoms with Gasteiger partial charge in [0.1, 0.15) is 6.29 Å². The summed E-state index contributed by atoms with van der Waals surface area (Å²) in [7, 11) is 0. The van der Waals surface area contributed by atoms with E-state index in [1.54, 1.807) is 12.4 Å². The third-order valence-electron chi connectivity index (χ3n) is 2.80. The highest BCUT2D eigenvalue weighted by Crippen LogP contribution is 2.13. The lowest BCUT2D eigenvalue weighted by Crippen LogP contribution is -2.09. The van der Waals surface area contributed by atoms with Gasteiger partial charge in [-0.2, -0.15) is 0 Å². The van der Waals surface area contributed by atoms with E-state index in [1.165, 1.54) is 6.21 Å². The van der Waals surface area contributed by atoms with Gasteiger partial charge in [0.15, 0.2) is 0 Å². The molecule has 0 saturated carbocycles. The number of fused-ring (bicyclic) bond motifs is 1. The van der Waals surface area contributed by atoms with Crippen LogP contribution in [0.1, 0.15) is 18.5 Å². The molecule has 1 aromatic heterocycles. The summed E-state index contributed by atoms with van der Waals surface area (Å²) in [6.45, 7) is 0.692. The number of hydrogen-bond donors (Lipinski definition) is 2. The van der Waals surface area contributed by atoms with Gasteiger partial charge in [0.05, 0.1) is 22.9 Å². The van der Waals surface area contributed by atoms with Crippen molar-refractivity contribution in [2.45, 2.75) is 12.8 Å². The number of benzene rings is 1. The van der Waals surface area contributed by atoms with Crippen LogP contribution >= 0.6 is 0 Å². The fraction of sp³-hybridized carbons (Fsp3) is 0.200.